The first-order valence-corrected chi connectivity index (χ1v) is 7.17. The second-order valence-electron chi connectivity index (χ2n) is 5.46. The smallest absolute Gasteiger partial charge is 0.274 e. The lowest BCUT2D eigenvalue weighted by atomic mass is 10.0. The highest BCUT2D eigenvalue weighted by molar-refractivity contribution is 5.98. The van der Waals surface area contributed by atoms with Crippen molar-refractivity contribution in [2.24, 2.45) is 5.92 Å². The number of carbonyl (C=O) groups is 2. The second kappa shape index (κ2) is 6.07. The van der Waals surface area contributed by atoms with Crippen LogP contribution in [0.4, 0.5) is 17.3 Å². The Hall–Kier alpha value is -3.30. The molecule has 2 heterocycles. The molecule has 10 heteroatoms. The summed E-state index contributed by atoms with van der Waals surface area (Å²) in [6.45, 7) is 1.87. The maximum atomic E-state index is 12.1. The summed E-state index contributed by atoms with van der Waals surface area (Å²) in [5.74, 6) is -0.942. The predicted octanol–water partition coefficient (Wildman–Crippen LogP) is 1.09. The van der Waals surface area contributed by atoms with Gasteiger partial charge in [-0.05, 0) is 13.0 Å². The Labute approximate surface area is 136 Å². The molecule has 0 fully saturated rings. The van der Waals surface area contributed by atoms with Crippen molar-refractivity contribution in [1.29, 1.82) is 0 Å². The summed E-state index contributed by atoms with van der Waals surface area (Å²) in [5.41, 5.74) is 0.744. The molecule has 0 saturated heterocycles. The van der Waals surface area contributed by atoms with Crippen molar-refractivity contribution in [3.05, 3.63) is 40.2 Å². The Morgan fingerprint density at radius 1 is 1.54 bits per heavy atom. The highest BCUT2D eigenvalue weighted by atomic mass is 16.6. The molecule has 1 aromatic carbocycles. The van der Waals surface area contributed by atoms with Crippen molar-refractivity contribution >= 4 is 29.1 Å². The third-order valence-corrected chi connectivity index (χ3v) is 3.74. The molecule has 24 heavy (non-hydrogen) atoms. The zero-order valence-corrected chi connectivity index (χ0v) is 12.7. The fraction of sp³-hybridized carbons (Fsp3) is 0.286. The Bertz CT molecular complexity index is 830. The van der Waals surface area contributed by atoms with Gasteiger partial charge in [-0.2, -0.15) is 10.1 Å². The Balaban J connectivity index is 1.67. The van der Waals surface area contributed by atoms with Gasteiger partial charge in [0, 0.05) is 23.7 Å². The zero-order chi connectivity index (χ0) is 17.3. The standard InChI is InChI=1S/C14H14N6O4/c1-8-2-3-10(5-11(8)20(23)24)17-12(21)4-9-6-19-14(15-7-16-19)18-13(9)22/h2-3,5,7,9H,4,6H2,1H3,(H,17,21)(H,15,16,18,22)/t9-/m1/s1. The predicted molar refractivity (Wildman–Crippen MR) is 83.2 cm³/mol. The zero-order valence-electron chi connectivity index (χ0n) is 12.7. The van der Waals surface area contributed by atoms with Gasteiger partial charge >= 0.3 is 0 Å². The summed E-state index contributed by atoms with van der Waals surface area (Å²) in [4.78, 5) is 38.4. The number of nitro groups is 1. The Morgan fingerprint density at radius 2 is 2.33 bits per heavy atom. The van der Waals surface area contributed by atoms with Gasteiger partial charge in [-0.15, -0.1) is 0 Å². The number of hydrogen-bond donors (Lipinski definition) is 2. The molecule has 10 nitrogen and oxygen atoms in total. The molecule has 0 spiro atoms. The molecule has 2 N–H and O–H groups in total. The molecule has 1 aliphatic heterocycles. The minimum Gasteiger partial charge on any atom is -0.326 e. The van der Waals surface area contributed by atoms with E-state index in [-0.39, 0.29) is 24.6 Å². The van der Waals surface area contributed by atoms with E-state index in [2.05, 4.69) is 20.7 Å². The van der Waals surface area contributed by atoms with Crippen LogP contribution in [0.5, 0.6) is 0 Å². The number of rotatable bonds is 4. The number of benzene rings is 1. The lowest BCUT2D eigenvalue weighted by Crippen LogP contribution is -2.36. The molecule has 2 amide bonds. The van der Waals surface area contributed by atoms with E-state index < -0.39 is 16.7 Å². The normalized spacial score (nSPS) is 16.2. The molecule has 0 bridgehead atoms. The average Bonchev–Trinajstić information content (AvgIpc) is 2.96. The summed E-state index contributed by atoms with van der Waals surface area (Å²) >= 11 is 0. The summed E-state index contributed by atoms with van der Waals surface area (Å²) in [6.07, 6.45) is 1.26. The van der Waals surface area contributed by atoms with E-state index >= 15 is 0 Å². The molecule has 124 valence electrons. The Morgan fingerprint density at radius 3 is 3.08 bits per heavy atom. The maximum absolute atomic E-state index is 12.1. The average molecular weight is 330 g/mol. The lowest BCUT2D eigenvalue weighted by Gasteiger charge is -2.21. The summed E-state index contributed by atoms with van der Waals surface area (Å²) in [5, 5.41) is 20.0. The van der Waals surface area contributed by atoms with E-state index in [0.29, 0.717) is 17.2 Å². The van der Waals surface area contributed by atoms with Crippen molar-refractivity contribution in [1.82, 2.24) is 14.8 Å². The highest BCUT2D eigenvalue weighted by Gasteiger charge is 2.29. The largest absolute Gasteiger partial charge is 0.326 e. The van der Waals surface area contributed by atoms with Crippen LogP contribution in [0.2, 0.25) is 0 Å². The number of carbonyl (C=O) groups excluding carboxylic acids is 2. The van der Waals surface area contributed by atoms with Crippen molar-refractivity contribution in [2.45, 2.75) is 19.9 Å². The van der Waals surface area contributed by atoms with Gasteiger partial charge in [0.15, 0.2) is 0 Å². The van der Waals surface area contributed by atoms with E-state index in [0.717, 1.165) is 0 Å². The van der Waals surface area contributed by atoms with Crippen LogP contribution in [-0.4, -0.2) is 31.5 Å². The first kappa shape index (κ1) is 15.6. The van der Waals surface area contributed by atoms with Gasteiger partial charge in [0.2, 0.25) is 17.8 Å². The van der Waals surface area contributed by atoms with Crippen molar-refractivity contribution in [2.75, 3.05) is 10.6 Å². The van der Waals surface area contributed by atoms with E-state index in [1.807, 2.05) is 0 Å². The van der Waals surface area contributed by atoms with Crippen LogP contribution < -0.4 is 10.6 Å². The first-order chi connectivity index (χ1) is 11.4. The number of anilines is 2. The van der Waals surface area contributed by atoms with Gasteiger partial charge < -0.3 is 5.32 Å². The Kier molecular flexibility index (Phi) is 3.94. The van der Waals surface area contributed by atoms with Crippen molar-refractivity contribution < 1.29 is 14.5 Å². The summed E-state index contributed by atoms with van der Waals surface area (Å²) in [7, 11) is 0. The summed E-state index contributed by atoms with van der Waals surface area (Å²) in [6, 6.07) is 4.43. The lowest BCUT2D eigenvalue weighted by molar-refractivity contribution is -0.385. The SMILES string of the molecule is Cc1ccc(NC(=O)C[C@@H]2Cn3ncnc3NC2=O)cc1[N+](=O)[O-]. The highest BCUT2D eigenvalue weighted by Crippen LogP contribution is 2.23. The van der Waals surface area contributed by atoms with E-state index in [4.69, 9.17) is 0 Å². The summed E-state index contributed by atoms with van der Waals surface area (Å²) < 4.78 is 1.51. The van der Waals surface area contributed by atoms with Crippen LogP contribution >= 0.6 is 0 Å². The van der Waals surface area contributed by atoms with Crippen LogP contribution in [0.15, 0.2) is 24.5 Å². The number of hydrogen-bond acceptors (Lipinski definition) is 6. The molecule has 2 aromatic rings. The molecule has 1 aliphatic rings. The fourth-order valence-corrected chi connectivity index (χ4v) is 2.48. The van der Waals surface area contributed by atoms with E-state index in [9.17, 15) is 19.7 Å². The number of aryl methyl sites for hydroxylation is 1. The number of aromatic nitrogens is 3. The first-order valence-electron chi connectivity index (χ1n) is 7.17. The molecular formula is C14H14N6O4. The third kappa shape index (κ3) is 3.07. The third-order valence-electron chi connectivity index (χ3n) is 3.74. The number of amides is 2. The van der Waals surface area contributed by atoms with E-state index in [1.165, 1.54) is 17.1 Å². The fourth-order valence-electron chi connectivity index (χ4n) is 2.48. The van der Waals surface area contributed by atoms with Gasteiger partial charge in [-0.1, -0.05) is 6.07 Å². The quantitative estimate of drug-likeness (QED) is 0.637. The molecule has 0 saturated carbocycles. The monoisotopic (exact) mass is 330 g/mol. The van der Waals surface area contributed by atoms with Gasteiger partial charge in [0.25, 0.3) is 5.69 Å². The van der Waals surface area contributed by atoms with Crippen LogP contribution in [0.3, 0.4) is 0 Å². The molecule has 0 unspecified atom stereocenters. The number of nitro benzene ring substituents is 1. The van der Waals surface area contributed by atoms with E-state index in [1.54, 1.807) is 19.1 Å². The maximum Gasteiger partial charge on any atom is 0.274 e. The molecule has 1 atom stereocenters. The molecule has 0 radical (unpaired) electrons. The molecule has 0 aliphatic carbocycles. The molecular weight excluding hydrogens is 316 g/mol. The number of nitrogens with one attached hydrogen (secondary N) is 2. The molecule has 1 aromatic heterocycles. The topological polar surface area (TPSA) is 132 Å². The van der Waals surface area contributed by atoms with Crippen LogP contribution in [-0.2, 0) is 16.1 Å². The minimum atomic E-state index is -0.584. The van der Waals surface area contributed by atoms with Crippen molar-refractivity contribution in [3.63, 3.8) is 0 Å². The van der Waals surface area contributed by atoms with Crippen LogP contribution in [0.1, 0.15) is 12.0 Å². The number of fused-ring (bicyclic) bond motifs is 1. The van der Waals surface area contributed by atoms with Gasteiger partial charge in [-0.25, -0.2) is 4.68 Å². The van der Waals surface area contributed by atoms with Gasteiger partial charge in [-0.3, -0.25) is 25.0 Å². The minimum absolute atomic E-state index is 0.0627. The van der Waals surface area contributed by atoms with Crippen molar-refractivity contribution in [3.8, 4) is 0 Å². The van der Waals surface area contributed by atoms with Gasteiger partial charge in [0.1, 0.15) is 6.33 Å². The molecule has 3 rings (SSSR count). The van der Waals surface area contributed by atoms with Crippen LogP contribution in [0, 0.1) is 23.0 Å². The second-order valence-corrected chi connectivity index (χ2v) is 5.46. The van der Waals surface area contributed by atoms with Crippen LogP contribution in [0.25, 0.3) is 0 Å². The number of nitrogens with zero attached hydrogens (tertiary/aromatic N) is 4. The van der Waals surface area contributed by atoms with Gasteiger partial charge in [0.05, 0.1) is 17.4 Å².